The molecule has 0 heterocycles. The molecule has 0 bridgehead atoms. The van der Waals surface area contributed by atoms with Crippen molar-refractivity contribution >= 4 is 41.8 Å². The van der Waals surface area contributed by atoms with Crippen molar-refractivity contribution in [2.45, 2.75) is 296 Å². The lowest BCUT2D eigenvalue weighted by molar-refractivity contribution is -0.191. The van der Waals surface area contributed by atoms with E-state index in [0.29, 0.717) is 103 Å². The van der Waals surface area contributed by atoms with E-state index in [1.165, 1.54) is 96.3 Å². The van der Waals surface area contributed by atoms with Crippen molar-refractivity contribution in [1.29, 1.82) is 0 Å². The first-order valence-electron chi connectivity index (χ1n) is 31.2. The maximum absolute atomic E-state index is 14.1. The highest BCUT2D eigenvalue weighted by Gasteiger charge is 2.49. The molecule has 0 aliphatic carbocycles. The molecule has 450 valence electrons. The Balaban J connectivity index is 5.26. The van der Waals surface area contributed by atoms with E-state index in [4.69, 9.17) is 33.2 Å². The number of unbranched alkanes of at least 4 members (excludes halogenated alkanes) is 30. The minimum absolute atomic E-state index is 0.0359. The summed E-state index contributed by atoms with van der Waals surface area (Å²) in [7, 11) is 3.56. The van der Waals surface area contributed by atoms with Gasteiger partial charge in [0.15, 0.2) is 0 Å². The van der Waals surface area contributed by atoms with E-state index in [9.17, 15) is 33.6 Å². The van der Waals surface area contributed by atoms with Gasteiger partial charge in [0.25, 0.3) is 0 Å². The van der Waals surface area contributed by atoms with Crippen molar-refractivity contribution in [2.75, 3.05) is 60.3 Å². The standard InChI is InChI=1S/C62H113NO14/c1-6-9-12-15-18-21-24-33-42-55(64)71-47-36-27-29-39-50-74-59(68)53-62(77-58(67)45-46-63(4)5,61(70)76-52-41-32-31-38-49-73-57(66)44-35-26-23-20-17-14-11-8-3)54-60(69)75-51-40-30-28-37-48-72-56(65)43-34-25-22-19-16-13-10-7-2/h6-54H2,1-5H3. The highest BCUT2D eigenvalue weighted by atomic mass is 16.6. The molecule has 0 atom stereocenters. The Labute approximate surface area is 468 Å². The fourth-order valence-corrected chi connectivity index (χ4v) is 8.80. The molecule has 0 unspecified atom stereocenters. The summed E-state index contributed by atoms with van der Waals surface area (Å²) in [5, 5.41) is 0. The highest BCUT2D eigenvalue weighted by molar-refractivity contribution is 5.92. The largest absolute Gasteiger partial charge is 0.466 e. The Hall–Kier alpha value is -3.75. The van der Waals surface area contributed by atoms with Gasteiger partial charge in [-0.05, 0) is 110 Å². The molecule has 0 aromatic heterocycles. The lowest BCUT2D eigenvalue weighted by atomic mass is 9.94. The van der Waals surface area contributed by atoms with Crippen LogP contribution in [0.2, 0.25) is 0 Å². The van der Waals surface area contributed by atoms with Crippen LogP contribution in [0.5, 0.6) is 0 Å². The Bertz CT molecular complexity index is 1410. The summed E-state index contributed by atoms with van der Waals surface area (Å²) < 4.78 is 38.8. The minimum Gasteiger partial charge on any atom is -0.466 e. The van der Waals surface area contributed by atoms with Gasteiger partial charge in [-0.15, -0.1) is 0 Å². The molecule has 0 aliphatic heterocycles. The third kappa shape index (κ3) is 49.1. The monoisotopic (exact) mass is 1100 g/mol. The van der Waals surface area contributed by atoms with Crippen molar-refractivity contribution < 1.29 is 66.7 Å². The van der Waals surface area contributed by atoms with Crippen molar-refractivity contribution in [3.05, 3.63) is 0 Å². The van der Waals surface area contributed by atoms with Gasteiger partial charge in [0.2, 0.25) is 5.60 Å². The van der Waals surface area contributed by atoms with Gasteiger partial charge in [-0.3, -0.25) is 28.8 Å². The summed E-state index contributed by atoms with van der Waals surface area (Å²) in [5.74, 6) is -4.02. The topological polar surface area (TPSA) is 187 Å². The smallest absolute Gasteiger partial charge is 0.351 e. The number of hydrogen-bond acceptors (Lipinski definition) is 15. The number of carbonyl (C=O) groups excluding carboxylic acids is 7. The Morgan fingerprint density at radius 3 is 0.818 bits per heavy atom. The van der Waals surface area contributed by atoms with Gasteiger partial charge in [-0.2, -0.15) is 0 Å². The molecule has 0 aliphatic rings. The van der Waals surface area contributed by atoms with Crippen molar-refractivity contribution in [1.82, 2.24) is 4.90 Å². The van der Waals surface area contributed by atoms with Gasteiger partial charge in [0.05, 0.1) is 58.9 Å². The van der Waals surface area contributed by atoms with Gasteiger partial charge >= 0.3 is 41.8 Å². The van der Waals surface area contributed by atoms with E-state index in [-0.39, 0.29) is 44.1 Å². The summed E-state index contributed by atoms with van der Waals surface area (Å²) in [5.41, 5.74) is -2.32. The minimum atomic E-state index is -2.32. The molecule has 0 radical (unpaired) electrons. The molecule has 15 heteroatoms. The fourth-order valence-electron chi connectivity index (χ4n) is 8.80. The second-order valence-electron chi connectivity index (χ2n) is 21.5. The van der Waals surface area contributed by atoms with Gasteiger partial charge < -0.3 is 38.1 Å². The zero-order valence-electron chi connectivity index (χ0n) is 49.8. The third-order valence-corrected chi connectivity index (χ3v) is 13.7. The molecule has 0 fully saturated rings. The molecule has 0 rings (SSSR count). The molecule has 0 N–H and O–H groups in total. The quantitative estimate of drug-likeness (QED) is 0.0318. The van der Waals surface area contributed by atoms with E-state index in [2.05, 4.69) is 20.8 Å². The van der Waals surface area contributed by atoms with Gasteiger partial charge in [0, 0.05) is 25.8 Å². The van der Waals surface area contributed by atoms with E-state index in [1.54, 1.807) is 19.0 Å². The zero-order valence-corrected chi connectivity index (χ0v) is 49.8. The normalized spacial score (nSPS) is 11.4. The van der Waals surface area contributed by atoms with Crippen LogP contribution in [0.25, 0.3) is 0 Å². The molecule has 77 heavy (non-hydrogen) atoms. The molecule has 15 nitrogen and oxygen atoms in total. The van der Waals surface area contributed by atoms with Crippen LogP contribution in [0, 0.1) is 0 Å². The van der Waals surface area contributed by atoms with Gasteiger partial charge in [0.1, 0.15) is 0 Å². The predicted molar refractivity (Wildman–Crippen MR) is 304 cm³/mol. The van der Waals surface area contributed by atoms with E-state index >= 15 is 0 Å². The Kier molecular flexibility index (Phi) is 51.6. The second kappa shape index (κ2) is 54.2. The second-order valence-corrected chi connectivity index (χ2v) is 21.5. The van der Waals surface area contributed by atoms with Crippen LogP contribution >= 0.6 is 0 Å². The van der Waals surface area contributed by atoms with Crippen molar-refractivity contribution in [3.8, 4) is 0 Å². The number of hydrogen-bond donors (Lipinski definition) is 0. The molecule has 0 spiro atoms. The first-order valence-corrected chi connectivity index (χ1v) is 31.2. The molecule has 0 aromatic carbocycles. The number of ether oxygens (including phenoxy) is 7. The van der Waals surface area contributed by atoms with Gasteiger partial charge in [-0.25, -0.2) is 4.79 Å². The lowest BCUT2D eigenvalue weighted by Crippen LogP contribution is -2.49. The summed E-state index contributed by atoms with van der Waals surface area (Å²) in [6.45, 7) is 7.92. The van der Waals surface area contributed by atoms with Crippen LogP contribution < -0.4 is 0 Å². The number of nitrogens with zero attached hydrogens (tertiary/aromatic N) is 1. The fraction of sp³-hybridized carbons (Fsp3) is 0.887. The molecule has 0 amide bonds. The average Bonchev–Trinajstić information content (AvgIpc) is 3.40. The summed E-state index contributed by atoms with van der Waals surface area (Å²) in [6.07, 6.45) is 35.3. The Morgan fingerprint density at radius 2 is 0.532 bits per heavy atom. The van der Waals surface area contributed by atoms with E-state index in [0.717, 1.165) is 77.0 Å². The van der Waals surface area contributed by atoms with E-state index in [1.807, 2.05) is 0 Å². The van der Waals surface area contributed by atoms with Crippen LogP contribution in [-0.2, 0) is 66.7 Å². The number of carbonyl (C=O) groups is 7. The molecule has 0 saturated carbocycles. The summed E-state index contributed by atoms with van der Waals surface area (Å²) in [4.78, 5) is 92.7. The first-order chi connectivity index (χ1) is 37.4. The maximum atomic E-state index is 14.1. The SMILES string of the molecule is CCCCCCCCCCC(=O)OCCCCCCOC(=O)CC(CC(=O)OCCCCCCOC(=O)CCCCCCCCCC)(OC(=O)CCN(C)C)C(=O)OCCCCCCOC(=O)CCCCCCCCCC. The van der Waals surface area contributed by atoms with Crippen molar-refractivity contribution in [3.63, 3.8) is 0 Å². The predicted octanol–water partition coefficient (Wildman–Crippen LogP) is 14.5. The lowest BCUT2D eigenvalue weighted by Gasteiger charge is -2.30. The molecular formula is C62H113NO14. The number of rotatable bonds is 57. The summed E-state index contributed by atoms with van der Waals surface area (Å²) >= 11 is 0. The van der Waals surface area contributed by atoms with E-state index < -0.39 is 42.3 Å². The highest BCUT2D eigenvalue weighted by Crippen LogP contribution is 2.27. The maximum Gasteiger partial charge on any atom is 0.351 e. The Morgan fingerprint density at radius 1 is 0.286 bits per heavy atom. The van der Waals surface area contributed by atoms with Crippen LogP contribution in [-0.4, -0.2) is 113 Å². The number of esters is 7. The zero-order chi connectivity index (χ0) is 56.7. The first kappa shape index (κ1) is 73.2. The third-order valence-electron chi connectivity index (χ3n) is 13.7. The average molecular weight is 1100 g/mol. The molecule has 0 saturated heterocycles. The van der Waals surface area contributed by atoms with Crippen LogP contribution in [0.1, 0.15) is 290 Å². The molecule has 0 aromatic rings. The van der Waals surface area contributed by atoms with Crippen LogP contribution in [0.4, 0.5) is 0 Å². The van der Waals surface area contributed by atoms with Gasteiger partial charge in [-0.1, -0.05) is 156 Å². The van der Waals surface area contributed by atoms with Crippen molar-refractivity contribution in [2.24, 2.45) is 0 Å². The molecular weight excluding hydrogens is 983 g/mol. The van der Waals surface area contributed by atoms with Crippen LogP contribution in [0.15, 0.2) is 0 Å². The summed E-state index contributed by atoms with van der Waals surface area (Å²) in [6, 6.07) is 0. The van der Waals surface area contributed by atoms with Crippen LogP contribution in [0.3, 0.4) is 0 Å².